The van der Waals surface area contributed by atoms with Crippen LogP contribution in [-0.2, 0) is 22.1 Å². The molecule has 2 bridgehead atoms. The van der Waals surface area contributed by atoms with Crippen LogP contribution in [-0.4, -0.2) is 37.6 Å². The molecule has 0 radical (unpaired) electrons. The molecule has 4 aromatic rings. The van der Waals surface area contributed by atoms with Crippen molar-refractivity contribution in [2.24, 2.45) is 0 Å². The maximum absolute atomic E-state index is 12.8. The zero-order valence-electron chi connectivity index (χ0n) is 20.5. The number of pyridine rings is 1. The van der Waals surface area contributed by atoms with Gasteiger partial charge in [-0.3, -0.25) is 4.57 Å². The predicted molar refractivity (Wildman–Crippen MR) is 133 cm³/mol. The first-order valence-corrected chi connectivity index (χ1v) is 12.1. The SMILES string of the molecule is [C-]#[N+]c1ccc(-n2c(O)c3c(c2O)C2(C)OC3(CCOc3ccc(C(F)(F)F)cn3)C[C@H]2O)c2ccccc12. The van der Waals surface area contributed by atoms with Crippen LogP contribution in [0, 0.1) is 6.57 Å². The molecule has 3 atom stereocenters. The summed E-state index contributed by atoms with van der Waals surface area (Å²) in [5.74, 6) is -0.585. The van der Waals surface area contributed by atoms with Crippen LogP contribution in [0.3, 0.4) is 0 Å². The third-order valence-electron chi connectivity index (χ3n) is 7.70. The largest absolute Gasteiger partial charge is 0.494 e. The lowest BCUT2D eigenvalue weighted by molar-refractivity contribution is -0.137. The Morgan fingerprint density at radius 1 is 1.10 bits per heavy atom. The van der Waals surface area contributed by atoms with Crippen LogP contribution in [0.2, 0.25) is 0 Å². The topological polar surface area (TPSA) is 101 Å². The second kappa shape index (κ2) is 8.36. The number of aromatic hydroxyl groups is 2. The second-order valence-electron chi connectivity index (χ2n) is 9.90. The minimum atomic E-state index is -4.52. The molecule has 1 saturated heterocycles. The Morgan fingerprint density at radius 2 is 1.82 bits per heavy atom. The Labute approximate surface area is 220 Å². The van der Waals surface area contributed by atoms with Gasteiger partial charge in [0.2, 0.25) is 17.6 Å². The van der Waals surface area contributed by atoms with Crippen molar-refractivity contribution < 1.29 is 38.0 Å². The smallest absolute Gasteiger partial charge is 0.417 e. The first-order chi connectivity index (χ1) is 18.5. The molecule has 1 fully saturated rings. The summed E-state index contributed by atoms with van der Waals surface area (Å²) in [6, 6.07) is 12.4. The number of halogens is 3. The number of hydrogen-bond acceptors (Lipinski definition) is 6. The van der Waals surface area contributed by atoms with Crippen LogP contribution in [0.25, 0.3) is 21.3 Å². The zero-order valence-corrected chi connectivity index (χ0v) is 20.5. The Hall–Kier alpha value is -4.27. The third-order valence-corrected chi connectivity index (χ3v) is 7.70. The van der Waals surface area contributed by atoms with E-state index < -0.39 is 29.0 Å². The highest BCUT2D eigenvalue weighted by Gasteiger charge is 2.66. The highest BCUT2D eigenvalue weighted by molar-refractivity contribution is 6.00. The molecule has 2 aliphatic heterocycles. The van der Waals surface area contributed by atoms with Gasteiger partial charge in [0.05, 0.1) is 41.7 Å². The Bertz CT molecular complexity index is 1660. The van der Waals surface area contributed by atoms with E-state index in [1.165, 1.54) is 4.57 Å². The molecule has 0 spiro atoms. The molecular formula is C28H22F3N3O5. The van der Waals surface area contributed by atoms with Gasteiger partial charge in [0, 0.05) is 25.1 Å². The lowest BCUT2D eigenvalue weighted by Gasteiger charge is -2.26. The van der Waals surface area contributed by atoms with Crippen LogP contribution in [0.15, 0.2) is 54.7 Å². The van der Waals surface area contributed by atoms with Gasteiger partial charge >= 0.3 is 6.18 Å². The van der Waals surface area contributed by atoms with Crippen LogP contribution in [0.4, 0.5) is 18.9 Å². The number of ether oxygens (including phenoxy) is 2. The Balaban J connectivity index is 1.38. The van der Waals surface area contributed by atoms with Gasteiger partial charge in [-0.1, -0.05) is 30.3 Å². The fourth-order valence-electron chi connectivity index (χ4n) is 5.86. The van der Waals surface area contributed by atoms with Gasteiger partial charge in [0.25, 0.3) is 0 Å². The molecule has 2 aromatic carbocycles. The van der Waals surface area contributed by atoms with E-state index in [2.05, 4.69) is 9.83 Å². The summed E-state index contributed by atoms with van der Waals surface area (Å²) in [6.45, 7) is 9.06. The molecule has 0 saturated carbocycles. The van der Waals surface area contributed by atoms with E-state index in [-0.39, 0.29) is 42.7 Å². The highest BCUT2D eigenvalue weighted by atomic mass is 19.4. The molecule has 0 amide bonds. The van der Waals surface area contributed by atoms with Crippen molar-refractivity contribution in [2.45, 2.75) is 43.2 Å². The fraction of sp³-hybridized carbons (Fsp3) is 0.286. The normalized spacial score (nSPS) is 23.6. The molecule has 2 unspecified atom stereocenters. The number of rotatable bonds is 5. The van der Waals surface area contributed by atoms with Gasteiger partial charge in [-0.2, -0.15) is 13.2 Å². The van der Waals surface area contributed by atoms with Crippen molar-refractivity contribution >= 4 is 16.5 Å². The van der Waals surface area contributed by atoms with E-state index >= 15 is 0 Å². The second-order valence-corrected chi connectivity index (χ2v) is 9.90. The Morgan fingerprint density at radius 3 is 2.49 bits per heavy atom. The van der Waals surface area contributed by atoms with Gasteiger partial charge < -0.3 is 24.8 Å². The van der Waals surface area contributed by atoms with Gasteiger partial charge in [0.15, 0.2) is 5.69 Å². The number of aromatic nitrogens is 2. The predicted octanol–water partition coefficient (Wildman–Crippen LogP) is 5.68. The van der Waals surface area contributed by atoms with Crippen molar-refractivity contribution in [3.05, 3.63) is 82.8 Å². The van der Waals surface area contributed by atoms with E-state index in [4.69, 9.17) is 16.0 Å². The maximum Gasteiger partial charge on any atom is 0.417 e. The van der Waals surface area contributed by atoms with E-state index in [1.54, 1.807) is 43.3 Å². The standard InChI is InChI=1S/C28H22F3N3O5/c1-26-20(35)13-27(39-26,11-12-38-21-10-7-15(14-33-21)28(29,30)31)23-22(26)24(36)34(25(23)37)19-9-8-18(32-2)16-5-3-4-6-17(16)19/h3-10,14,20,35-37H,11-13H2,1H3/t20-,26?,27?/m1/s1. The van der Waals surface area contributed by atoms with Crippen LogP contribution in [0.1, 0.15) is 36.5 Å². The fourth-order valence-corrected chi connectivity index (χ4v) is 5.86. The number of hydrogen-bond donors (Lipinski definition) is 3. The maximum atomic E-state index is 12.8. The van der Waals surface area contributed by atoms with Crippen LogP contribution >= 0.6 is 0 Å². The van der Waals surface area contributed by atoms with Gasteiger partial charge in [-0.05, 0) is 29.8 Å². The molecule has 200 valence electrons. The van der Waals surface area contributed by atoms with Crippen molar-refractivity contribution in [1.82, 2.24) is 9.55 Å². The van der Waals surface area contributed by atoms with E-state index in [9.17, 15) is 28.5 Å². The van der Waals surface area contributed by atoms with Gasteiger partial charge in [0.1, 0.15) is 11.2 Å². The lowest BCUT2D eigenvalue weighted by atomic mass is 9.76. The summed E-state index contributed by atoms with van der Waals surface area (Å²) in [5.41, 5.74) is -2.01. The molecule has 6 rings (SSSR count). The van der Waals surface area contributed by atoms with Crippen molar-refractivity contribution in [3.63, 3.8) is 0 Å². The number of fused-ring (bicyclic) bond motifs is 6. The average Bonchev–Trinajstić information content (AvgIpc) is 3.44. The molecule has 8 nitrogen and oxygen atoms in total. The summed E-state index contributed by atoms with van der Waals surface area (Å²) < 4.78 is 51.6. The quantitative estimate of drug-likeness (QED) is 0.283. The van der Waals surface area contributed by atoms with Crippen LogP contribution in [0.5, 0.6) is 17.6 Å². The van der Waals surface area contributed by atoms with Gasteiger partial charge in [-0.15, -0.1) is 0 Å². The molecular weight excluding hydrogens is 515 g/mol. The third kappa shape index (κ3) is 3.56. The highest BCUT2D eigenvalue weighted by Crippen LogP contribution is 2.65. The summed E-state index contributed by atoms with van der Waals surface area (Å²) in [5, 5.41) is 35.1. The van der Waals surface area contributed by atoms with E-state index in [0.717, 1.165) is 12.1 Å². The minimum Gasteiger partial charge on any atom is -0.494 e. The van der Waals surface area contributed by atoms with Gasteiger partial charge in [-0.25, -0.2) is 9.83 Å². The zero-order chi connectivity index (χ0) is 27.7. The summed E-state index contributed by atoms with van der Waals surface area (Å²) in [4.78, 5) is 7.27. The van der Waals surface area contributed by atoms with E-state index in [1.807, 2.05) is 0 Å². The van der Waals surface area contributed by atoms with Crippen molar-refractivity contribution in [1.29, 1.82) is 0 Å². The lowest BCUT2D eigenvalue weighted by Crippen LogP contribution is -2.33. The molecule has 2 aromatic heterocycles. The van der Waals surface area contributed by atoms with Crippen molar-refractivity contribution in [3.8, 4) is 23.3 Å². The number of benzene rings is 2. The number of nitrogens with zero attached hydrogens (tertiary/aromatic N) is 3. The number of aliphatic hydroxyl groups is 1. The van der Waals surface area contributed by atoms with E-state index in [0.29, 0.717) is 33.9 Å². The summed E-state index contributed by atoms with van der Waals surface area (Å²) in [7, 11) is 0. The summed E-state index contributed by atoms with van der Waals surface area (Å²) in [6.07, 6.45) is -4.62. The Kier molecular flexibility index (Phi) is 5.37. The first kappa shape index (κ1) is 25.0. The monoisotopic (exact) mass is 537 g/mol. The minimum absolute atomic E-state index is 0.0186. The van der Waals surface area contributed by atoms with Crippen molar-refractivity contribution in [2.75, 3.05) is 6.61 Å². The molecule has 4 heterocycles. The van der Waals surface area contributed by atoms with Crippen LogP contribution < -0.4 is 4.74 Å². The number of alkyl halides is 3. The molecule has 0 aliphatic carbocycles. The molecule has 39 heavy (non-hydrogen) atoms. The molecule has 11 heteroatoms. The first-order valence-electron chi connectivity index (χ1n) is 12.1. The number of aliphatic hydroxyl groups excluding tert-OH is 1. The average molecular weight is 537 g/mol. The summed E-state index contributed by atoms with van der Waals surface area (Å²) >= 11 is 0. The molecule has 3 N–H and O–H groups in total. The molecule has 2 aliphatic rings.